The number of carbonyl (C=O) groups is 1. The number of benzene rings is 1. The first-order valence-corrected chi connectivity index (χ1v) is 9.99. The SMILES string of the molecule is COc1ccc(-n2c(=O)n(C3CCN(C(=O)OC(C)(C)C)C3)c3ncccc32)cc1. The van der Waals surface area contributed by atoms with Crippen LogP contribution >= 0.6 is 0 Å². The maximum atomic E-state index is 13.5. The molecule has 0 N–H and O–H groups in total. The van der Waals surface area contributed by atoms with Gasteiger partial charge in [-0.3, -0.25) is 9.13 Å². The van der Waals surface area contributed by atoms with E-state index in [2.05, 4.69) is 4.98 Å². The lowest BCUT2D eigenvalue weighted by Gasteiger charge is -2.24. The Morgan fingerprint density at radius 2 is 1.90 bits per heavy atom. The van der Waals surface area contributed by atoms with Crippen molar-refractivity contribution in [1.82, 2.24) is 19.0 Å². The quantitative estimate of drug-likeness (QED) is 0.661. The molecular formula is C22H26N4O4. The van der Waals surface area contributed by atoms with Crippen LogP contribution < -0.4 is 10.4 Å². The van der Waals surface area contributed by atoms with Gasteiger partial charge in [-0.1, -0.05) is 0 Å². The van der Waals surface area contributed by atoms with Gasteiger partial charge in [-0.15, -0.1) is 0 Å². The van der Waals surface area contributed by atoms with Crippen molar-refractivity contribution in [2.24, 2.45) is 0 Å². The van der Waals surface area contributed by atoms with Crippen LogP contribution in [0.15, 0.2) is 47.4 Å². The van der Waals surface area contributed by atoms with E-state index in [-0.39, 0.29) is 17.8 Å². The zero-order chi connectivity index (χ0) is 21.5. The number of ether oxygens (including phenoxy) is 2. The van der Waals surface area contributed by atoms with Gasteiger partial charge in [-0.05, 0) is 63.6 Å². The number of rotatable bonds is 3. The normalized spacial score (nSPS) is 16.8. The van der Waals surface area contributed by atoms with Crippen LogP contribution in [0.2, 0.25) is 0 Å². The number of methoxy groups -OCH3 is 1. The Balaban J connectivity index is 1.71. The Labute approximate surface area is 174 Å². The number of amides is 1. The van der Waals surface area contributed by atoms with Crippen molar-refractivity contribution in [1.29, 1.82) is 0 Å². The van der Waals surface area contributed by atoms with Gasteiger partial charge in [0.2, 0.25) is 0 Å². The van der Waals surface area contributed by atoms with E-state index in [1.807, 2.05) is 57.2 Å². The summed E-state index contributed by atoms with van der Waals surface area (Å²) in [5.41, 5.74) is 1.33. The van der Waals surface area contributed by atoms with Crippen molar-refractivity contribution >= 4 is 17.3 Å². The molecule has 0 saturated carbocycles. The Hall–Kier alpha value is -3.29. The van der Waals surface area contributed by atoms with E-state index in [9.17, 15) is 9.59 Å². The molecule has 1 fully saturated rings. The molecule has 0 aliphatic carbocycles. The number of aromatic nitrogens is 3. The molecule has 1 aliphatic rings. The molecule has 1 aromatic carbocycles. The van der Waals surface area contributed by atoms with Gasteiger partial charge in [0.25, 0.3) is 0 Å². The molecule has 1 aliphatic heterocycles. The Morgan fingerprint density at radius 1 is 1.17 bits per heavy atom. The molecule has 8 nitrogen and oxygen atoms in total. The summed E-state index contributed by atoms with van der Waals surface area (Å²) >= 11 is 0. The molecule has 3 aromatic rings. The lowest BCUT2D eigenvalue weighted by molar-refractivity contribution is 0.0289. The predicted molar refractivity (Wildman–Crippen MR) is 113 cm³/mol. The molecule has 1 atom stereocenters. The highest BCUT2D eigenvalue weighted by Crippen LogP contribution is 2.27. The Kier molecular flexibility index (Phi) is 5.01. The minimum Gasteiger partial charge on any atom is -0.497 e. The Morgan fingerprint density at radius 3 is 2.57 bits per heavy atom. The number of hydrogen-bond donors (Lipinski definition) is 0. The van der Waals surface area contributed by atoms with Gasteiger partial charge in [0, 0.05) is 19.3 Å². The van der Waals surface area contributed by atoms with Gasteiger partial charge in [0.05, 0.1) is 24.4 Å². The van der Waals surface area contributed by atoms with Gasteiger partial charge in [-0.2, -0.15) is 0 Å². The third kappa shape index (κ3) is 3.65. The summed E-state index contributed by atoms with van der Waals surface area (Å²) < 4.78 is 14.1. The second-order valence-electron chi connectivity index (χ2n) is 8.40. The van der Waals surface area contributed by atoms with Crippen LogP contribution in [0.3, 0.4) is 0 Å². The molecule has 0 radical (unpaired) electrons. The minimum absolute atomic E-state index is 0.165. The number of nitrogens with zero attached hydrogens (tertiary/aromatic N) is 4. The van der Waals surface area contributed by atoms with Crippen LogP contribution in [0, 0.1) is 0 Å². The number of likely N-dealkylation sites (tertiary alicyclic amines) is 1. The molecule has 4 rings (SSSR count). The van der Waals surface area contributed by atoms with E-state index in [0.29, 0.717) is 25.2 Å². The van der Waals surface area contributed by atoms with E-state index in [1.54, 1.807) is 27.3 Å². The first kappa shape index (κ1) is 20.0. The molecule has 1 saturated heterocycles. The second kappa shape index (κ2) is 7.51. The zero-order valence-corrected chi connectivity index (χ0v) is 17.7. The summed E-state index contributed by atoms with van der Waals surface area (Å²) in [5, 5.41) is 0. The summed E-state index contributed by atoms with van der Waals surface area (Å²) in [6, 6.07) is 10.9. The van der Waals surface area contributed by atoms with Gasteiger partial charge >= 0.3 is 11.8 Å². The summed E-state index contributed by atoms with van der Waals surface area (Å²) in [6.07, 6.45) is 1.99. The molecule has 1 unspecified atom stereocenters. The third-order valence-corrected chi connectivity index (χ3v) is 5.14. The van der Waals surface area contributed by atoms with Crippen LogP contribution in [0.25, 0.3) is 16.9 Å². The fraction of sp³-hybridized carbons (Fsp3) is 0.409. The molecule has 2 aromatic heterocycles. The summed E-state index contributed by atoms with van der Waals surface area (Å²) in [4.78, 5) is 32.0. The number of pyridine rings is 1. The van der Waals surface area contributed by atoms with Crippen LogP contribution in [-0.4, -0.2) is 50.9 Å². The van der Waals surface area contributed by atoms with Crippen molar-refractivity contribution < 1.29 is 14.3 Å². The predicted octanol–water partition coefficient (Wildman–Crippen LogP) is 3.38. The van der Waals surface area contributed by atoms with Crippen LogP contribution in [0.5, 0.6) is 5.75 Å². The maximum Gasteiger partial charge on any atom is 0.410 e. The van der Waals surface area contributed by atoms with Gasteiger partial charge in [0.1, 0.15) is 11.4 Å². The number of imidazole rings is 1. The topological polar surface area (TPSA) is 78.6 Å². The highest BCUT2D eigenvalue weighted by atomic mass is 16.6. The van der Waals surface area contributed by atoms with Crippen molar-refractivity contribution in [2.45, 2.75) is 38.8 Å². The lowest BCUT2D eigenvalue weighted by atomic mass is 10.2. The monoisotopic (exact) mass is 410 g/mol. The molecule has 30 heavy (non-hydrogen) atoms. The molecule has 0 spiro atoms. The number of hydrogen-bond acceptors (Lipinski definition) is 5. The van der Waals surface area contributed by atoms with E-state index in [4.69, 9.17) is 9.47 Å². The molecule has 1 amide bonds. The van der Waals surface area contributed by atoms with Crippen molar-refractivity contribution in [3.8, 4) is 11.4 Å². The van der Waals surface area contributed by atoms with Gasteiger partial charge < -0.3 is 14.4 Å². The highest BCUT2D eigenvalue weighted by molar-refractivity contribution is 5.74. The number of carbonyl (C=O) groups excluding carboxylic acids is 1. The fourth-order valence-electron chi connectivity index (χ4n) is 3.80. The molecular weight excluding hydrogens is 384 g/mol. The first-order chi connectivity index (χ1) is 14.3. The molecule has 0 bridgehead atoms. The average Bonchev–Trinajstić information content (AvgIpc) is 3.29. The standard InChI is InChI=1S/C22H26N4O4/c1-22(2,3)30-21(28)24-13-11-16(14-24)26-19-18(6-5-12-23-19)25(20(26)27)15-7-9-17(29-4)10-8-15/h5-10,12,16H,11,13-14H2,1-4H3. The van der Waals surface area contributed by atoms with E-state index in [1.165, 1.54) is 0 Å². The smallest absolute Gasteiger partial charge is 0.410 e. The van der Waals surface area contributed by atoms with E-state index < -0.39 is 5.60 Å². The summed E-state index contributed by atoms with van der Waals surface area (Å²) in [5.74, 6) is 0.720. The van der Waals surface area contributed by atoms with Gasteiger partial charge in [0.15, 0.2) is 5.65 Å². The third-order valence-electron chi connectivity index (χ3n) is 5.14. The van der Waals surface area contributed by atoms with Crippen LogP contribution in [0.1, 0.15) is 33.2 Å². The second-order valence-corrected chi connectivity index (χ2v) is 8.40. The zero-order valence-electron chi connectivity index (χ0n) is 17.7. The van der Waals surface area contributed by atoms with Crippen molar-refractivity contribution in [2.75, 3.05) is 20.2 Å². The van der Waals surface area contributed by atoms with Crippen LogP contribution in [-0.2, 0) is 4.74 Å². The highest BCUT2D eigenvalue weighted by Gasteiger charge is 2.33. The van der Waals surface area contributed by atoms with Crippen LogP contribution in [0.4, 0.5) is 4.79 Å². The maximum absolute atomic E-state index is 13.5. The van der Waals surface area contributed by atoms with Gasteiger partial charge in [-0.25, -0.2) is 14.6 Å². The molecule has 3 heterocycles. The van der Waals surface area contributed by atoms with E-state index >= 15 is 0 Å². The fourth-order valence-corrected chi connectivity index (χ4v) is 3.80. The molecule has 158 valence electrons. The first-order valence-electron chi connectivity index (χ1n) is 9.99. The lowest BCUT2D eigenvalue weighted by Crippen LogP contribution is -2.36. The summed E-state index contributed by atoms with van der Waals surface area (Å²) in [7, 11) is 1.60. The summed E-state index contributed by atoms with van der Waals surface area (Å²) in [6.45, 7) is 6.47. The van der Waals surface area contributed by atoms with Crippen molar-refractivity contribution in [3.05, 3.63) is 53.1 Å². The largest absolute Gasteiger partial charge is 0.497 e. The minimum atomic E-state index is -0.558. The Bertz CT molecular complexity index is 1120. The average molecular weight is 410 g/mol. The van der Waals surface area contributed by atoms with Crippen molar-refractivity contribution in [3.63, 3.8) is 0 Å². The van der Waals surface area contributed by atoms with E-state index in [0.717, 1.165) is 17.0 Å². The molecule has 8 heteroatoms. The number of fused-ring (bicyclic) bond motifs is 1.